The molecule has 0 bridgehead atoms. The van der Waals surface area contributed by atoms with Crippen LogP contribution in [-0.2, 0) is 6.42 Å². The zero-order chi connectivity index (χ0) is 17.5. The number of thiazole rings is 1. The van der Waals surface area contributed by atoms with Crippen molar-refractivity contribution in [2.45, 2.75) is 32.2 Å². The Bertz CT molecular complexity index is 688. The van der Waals surface area contributed by atoms with Crippen molar-refractivity contribution in [3.8, 4) is 0 Å². The third-order valence-electron chi connectivity index (χ3n) is 4.41. The second kappa shape index (κ2) is 10.7. The minimum Gasteiger partial charge on any atom is -0.369 e. The fourth-order valence-corrected chi connectivity index (χ4v) is 3.95. The summed E-state index contributed by atoms with van der Waals surface area (Å²) in [5.41, 5.74) is 1.30. The van der Waals surface area contributed by atoms with Crippen molar-refractivity contribution < 1.29 is 0 Å². The van der Waals surface area contributed by atoms with Crippen LogP contribution in [0.5, 0.6) is 0 Å². The van der Waals surface area contributed by atoms with Crippen LogP contribution in [0.15, 0.2) is 41.5 Å². The number of benzene rings is 1. The Hall–Kier alpha value is -1.35. The van der Waals surface area contributed by atoms with E-state index in [4.69, 9.17) is 0 Å². The average molecular weight is 485 g/mol. The van der Waals surface area contributed by atoms with Gasteiger partial charge in [-0.2, -0.15) is 0 Å². The maximum atomic E-state index is 4.41. The van der Waals surface area contributed by atoms with Crippen LogP contribution < -0.4 is 15.5 Å². The smallest absolute Gasteiger partial charge is 0.191 e. The highest BCUT2D eigenvalue weighted by Gasteiger charge is 2.20. The van der Waals surface area contributed by atoms with E-state index in [1.807, 2.05) is 13.2 Å². The molecule has 0 amide bonds. The van der Waals surface area contributed by atoms with Crippen LogP contribution in [-0.4, -0.2) is 43.7 Å². The lowest BCUT2D eigenvalue weighted by molar-refractivity contribution is 0.468. The second-order valence-electron chi connectivity index (χ2n) is 6.38. The Kier molecular flexibility index (Phi) is 8.64. The third kappa shape index (κ3) is 6.12. The first-order valence-corrected chi connectivity index (χ1v) is 9.75. The van der Waals surface area contributed by atoms with Crippen LogP contribution in [0.2, 0.25) is 0 Å². The highest BCUT2D eigenvalue weighted by Crippen LogP contribution is 2.19. The lowest BCUT2D eigenvalue weighted by Gasteiger charge is -2.35. The van der Waals surface area contributed by atoms with E-state index in [0.717, 1.165) is 32.0 Å². The van der Waals surface area contributed by atoms with Gasteiger partial charge in [0.15, 0.2) is 5.96 Å². The predicted octanol–water partition coefficient (Wildman–Crippen LogP) is 3.45. The summed E-state index contributed by atoms with van der Waals surface area (Å²) in [5, 5.41) is 8.17. The van der Waals surface area contributed by atoms with Crippen molar-refractivity contribution >= 4 is 47.0 Å². The van der Waals surface area contributed by atoms with Gasteiger partial charge >= 0.3 is 0 Å². The topological polar surface area (TPSA) is 52.6 Å². The van der Waals surface area contributed by atoms with Gasteiger partial charge in [-0.3, -0.25) is 4.99 Å². The lowest BCUT2D eigenvalue weighted by atomic mass is 10.1. The predicted molar refractivity (Wildman–Crippen MR) is 122 cm³/mol. The van der Waals surface area contributed by atoms with Crippen LogP contribution in [0.25, 0.3) is 0 Å². The summed E-state index contributed by atoms with van der Waals surface area (Å²) in [6, 6.07) is 11.1. The molecule has 0 radical (unpaired) electrons. The molecular formula is C19H28IN5S. The molecule has 5 nitrogen and oxygen atoms in total. The molecule has 1 aliphatic heterocycles. The van der Waals surface area contributed by atoms with E-state index < -0.39 is 0 Å². The van der Waals surface area contributed by atoms with Crippen LogP contribution in [0, 0.1) is 6.92 Å². The molecule has 0 aliphatic carbocycles. The van der Waals surface area contributed by atoms with E-state index in [1.165, 1.54) is 28.4 Å². The number of rotatable bonds is 5. The van der Waals surface area contributed by atoms with Gasteiger partial charge in [0.1, 0.15) is 0 Å². The molecule has 3 rings (SSSR count). The molecule has 2 aromatic rings. The van der Waals surface area contributed by atoms with Crippen LogP contribution in [0.4, 0.5) is 5.69 Å². The fourth-order valence-electron chi connectivity index (χ4n) is 3.16. The number of guanidine groups is 1. The van der Waals surface area contributed by atoms with Gasteiger partial charge in [0.25, 0.3) is 0 Å². The van der Waals surface area contributed by atoms with E-state index in [-0.39, 0.29) is 24.0 Å². The molecule has 0 spiro atoms. The highest BCUT2D eigenvalue weighted by atomic mass is 127. The van der Waals surface area contributed by atoms with Crippen molar-refractivity contribution in [2.24, 2.45) is 4.99 Å². The summed E-state index contributed by atoms with van der Waals surface area (Å²) in [6.45, 7) is 5.08. The number of anilines is 1. The van der Waals surface area contributed by atoms with Crippen molar-refractivity contribution in [1.82, 2.24) is 15.6 Å². The molecule has 1 unspecified atom stereocenters. The number of aryl methyl sites for hydroxylation is 1. The molecule has 0 saturated carbocycles. The van der Waals surface area contributed by atoms with E-state index in [1.54, 1.807) is 11.3 Å². The molecule has 1 saturated heterocycles. The standard InChI is InChI=1S/C19H27N5S.HI/c1-15-13-22-18(25-15)10-11-21-19(20-2)23-16-7-6-12-24(14-16)17-8-4-3-5-9-17;/h3-5,8-9,13,16H,6-7,10-12,14H2,1-2H3,(H2,20,21,23);1H. The summed E-state index contributed by atoms with van der Waals surface area (Å²) >= 11 is 1.76. The van der Waals surface area contributed by atoms with Crippen LogP contribution in [0.3, 0.4) is 0 Å². The normalized spacial score (nSPS) is 17.5. The van der Waals surface area contributed by atoms with Gasteiger partial charge < -0.3 is 15.5 Å². The molecule has 26 heavy (non-hydrogen) atoms. The van der Waals surface area contributed by atoms with Gasteiger partial charge in [-0.15, -0.1) is 35.3 Å². The largest absolute Gasteiger partial charge is 0.369 e. The lowest BCUT2D eigenvalue weighted by Crippen LogP contribution is -2.51. The molecular weight excluding hydrogens is 457 g/mol. The number of aromatic nitrogens is 1. The Labute approximate surface area is 177 Å². The quantitative estimate of drug-likeness (QED) is 0.387. The van der Waals surface area contributed by atoms with Gasteiger partial charge in [-0.1, -0.05) is 18.2 Å². The van der Waals surface area contributed by atoms with Crippen molar-refractivity contribution in [1.29, 1.82) is 0 Å². The van der Waals surface area contributed by atoms with Crippen LogP contribution in [0.1, 0.15) is 22.7 Å². The number of para-hydroxylation sites is 1. The van der Waals surface area contributed by atoms with Crippen LogP contribution >= 0.6 is 35.3 Å². The van der Waals surface area contributed by atoms with Crippen molar-refractivity contribution in [2.75, 3.05) is 31.6 Å². The Balaban J connectivity index is 0.00000243. The van der Waals surface area contributed by atoms with Gasteiger partial charge in [0.05, 0.1) is 5.01 Å². The number of aliphatic imine (C=N–C) groups is 1. The van der Waals surface area contributed by atoms with Gasteiger partial charge in [-0.05, 0) is 31.9 Å². The Morgan fingerprint density at radius 1 is 1.35 bits per heavy atom. The maximum absolute atomic E-state index is 4.41. The molecule has 142 valence electrons. The first-order valence-electron chi connectivity index (χ1n) is 8.93. The summed E-state index contributed by atoms with van der Waals surface area (Å²) in [6.07, 6.45) is 5.24. The molecule has 1 fully saturated rings. The number of halogens is 1. The minimum absolute atomic E-state index is 0. The zero-order valence-electron chi connectivity index (χ0n) is 15.4. The minimum atomic E-state index is 0. The molecule has 2 heterocycles. The molecule has 1 aromatic heterocycles. The van der Waals surface area contributed by atoms with Gasteiger partial charge in [0.2, 0.25) is 0 Å². The number of hydrogen-bond donors (Lipinski definition) is 2. The Morgan fingerprint density at radius 2 is 2.15 bits per heavy atom. The SMILES string of the molecule is CN=C(NCCc1ncc(C)s1)NC1CCCN(c2ccccc2)C1.I. The summed E-state index contributed by atoms with van der Waals surface area (Å²) in [4.78, 5) is 12.5. The molecule has 1 aliphatic rings. The third-order valence-corrected chi connectivity index (χ3v) is 5.38. The van der Waals surface area contributed by atoms with Crippen molar-refractivity contribution in [3.63, 3.8) is 0 Å². The fraction of sp³-hybridized carbons (Fsp3) is 0.474. The zero-order valence-corrected chi connectivity index (χ0v) is 18.6. The van der Waals surface area contributed by atoms with E-state index >= 15 is 0 Å². The maximum Gasteiger partial charge on any atom is 0.191 e. The highest BCUT2D eigenvalue weighted by molar-refractivity contribution is 14.0. The average Bonchev–Trinajstić information content (AvgIpc) is 3.07. The number of piperidine rings is 1. The van der Waals surface area contributed by atoms with E-state index in [9.17, 15) is 0 Å². The molecule has 7 heteroatoms. The monoisotopic (exact) mass is 485 g/mol. The summed E-state index contributed by atoms with van der Waals surface area (Å²) < 4.78 is 0. The molecule has 1 atom stereocenters. The van der Waals surface area contributed by atoms with Gasteiger partial charge in [-0.25, -0.2) is 4.98 Å². The summed E-state index contributed by atoms with van der Waals surface area (Å²) in [5.74, 6) is 0.883. The molecule has 2 N–H and O–H groups in total. The van der Waals surface area contributed by atoms with Crippen molar-refractivity contribution in [3.05, 3.63) is 46.4 Å². The van der Waals surface area contributed by atoms with Gasteiger partial charge in [0, 0.05) is 55.9 Å². The second-order valence-corrected chi connectivity index (χ2v) is 7.70. The first kappa shape index (κ1) is 21.0. The number of hydrogen-bond acceptors (Lipinski definition) is 4. The van der Waals surface area contributed by atoms with E-state index in [2.05, 4.69) is 62.8 Å². The first-order chi connectivity index (χ1) is 12.2. The number of nitrogens with zero attached hydrogens (tertiary/aromatic N) is 3. The summed E-state index contributed by atoms with van der Waals surface area (Å²) in [7, 11) is 1.83. The van der Waals surface area contributed by atoms with E-state index in [0.29, 0.717) is 6.04 Å². The molecule has 1 aromatic carbocycles. The Morgan fingerprint density at radius 3 is 2.85 bits per heavy atom. The number of nitrogens with one attached hydrogen (secondary N) is 2.